The number of nitrogens with zero attached hydrogens (tertiary/aromatic N) is 2. The van der Waals surface area contributed by atoms with Crippen LogP contribution in [-0.2, 0) is 0 Å². The highest BCUT2D eigenvalue weighted by Gasteiger charge is 2.19. The van der Waals surface area contributed by atoms with Gasteiger partial charge in [0.05, 0.1) is 16.8 Å². The van der Waals surface area contributed by atoms with Crippen LogP contribution < -0.4 is 5.32 Å². The highest BCUT2D eigenvalue weighted by Crippen LogP contribution is 2.30. The molecule has 0 radical (unpaired) electrons. The van der Waals surface area contributed by atoms with Crippen LogP contribution in [0.2, 0.25) is 0 Å². The topological polar surface area (TPSA) is 54.9 Å². The van der Waals surface area contributed by atoms with Crippen molar-refractivity contribution in [3.05, 3.63) is 89.1 Å². The number of fused-ring (bicyclic) bond motifs is 1. The van der Waals surface area contributed by atoms with Gasteiger partial charge in [-0.2, -0.15) is 0 Å². The lowest BCUT2D eigenvalue weighted by Crippen LogP contribution is -2.16. The van der Waals surface area contributed by atoms with E-state index < -0.39 is 0 Å². The molecule has 4 aromatic rings. The van der Waals surface area contributed by atoms with Crippen LogP contribution in [-0.4, -0.2) is 15.9 Å². The van der Waals surface area contributed by atoms with E-state index >= 15 is 0 Å². The molecule has 0 saturated carbocycles. The Morgan fingerprint density at radius 3 is 2.32 bits per heavy atom. The van der Waals surface area contributed by atoms with E-state index in [1.165, 1.54) is 5.56 Å². The zero-order valence-electron chi connectivity index (χ0n) is 16.2. The third-order valence-corrected chi connectivity index (χ3v) is 4.82. The van der Waals surface area contributed by atoms with Crippen LogP contribution in [0.25, 0.3) is 22.2 Å². The summed E-state index contributed by atoms with van der Waals surface area (Å²) in [6.07, 6.45) is 0. The van der Waals surface area contributed by atoms with Gasteiger partial charge in [0.15, 0.2) is 0 Å². The highest BCUT2D eigenvalue weighted by atomic mass is 16.1. The van der Waals surface area contributed by atoms with Crippen molar-refractivity contribution in [3.63, 3.8) is 0 Å². The summed E-state index contributed by atoms with van der Waals surface area (Å²) in [6.45, 7) is 5.91. The minimum atomic E-state index is -0.178. The zero-order chi connectivity index (χ0) is 19.7. The van der Waals surface area contributed by atoms with E-state index in [1.807, 2.05) is 62.4 Å². The number of pyridine rings is 2. The van der Waals surface area contributed by atoms with E-state index in [4.69, 9.17) is 4.98 Å². The number of hydrogen-bond donors (Lipinski definition) is 1. The number of aromatic nitrogens is 2. The molecule has 0 bridgehead atoms. The maximum atomic E-state index is 13.2. The summed E-state index contributed by atoms with van der Waals surface area (Å²) in [5, 5.41) is 3.78. The maximum Gasteiger partial charge on any atom is 0.257 e. The first kappa shape index (κ1) is 17.9. The largest absolute Gasteiger partial charge is 0.307 e. The Labute approximate surface area is 164 Å². The molecule has 4 rings (SSSR count). The average molecular weight is 367 g/mol. The number of anilines is 1. The molecule has 0 saturated heterocycles. The molecule has 0 fully saturated rings. The number of para-hydroxylation sites is 1. The third-order valence-electron chi connectivity index (χ3n) is 4.82. The first-order chi connectivity index (χ1) is 13.5. The van der Waals surface area contributed by atoms with E-state index in [1.54, 1.807) is 6.07 Å². The van der Waals surface area contributed by atoms with Gasteiger partial charge in [-0.25, -0.2) is 9.97 Å². The van der Waals surface area contributed by atoms with Crippen LogP contribution >= 0.6 is 0 Å². The molecule has 138 valence electrons. The Morgan fingerprint density at radius 2 is 1.57 bits per heavy atom. The second-order valence-corrected chi connectivity index (χ2v) is 6.96. The quantitative estimate of drug-likeness (QED) is 0.522. The van der Waals surface area contributed by atoms with Crippen LogP contribution in [0.3, 0.4) is 0 Å². The number of benzene rings is 2. The lowest BCUT2D eigenvalue weighted by molar-refractivity contribution is 0.102. The standard InChI is InChI=1S/C24H21N3O/c1-15-11-13-18(14-12-15)23-17(3)22(19-8-4-5-9-20(19)26-23)24(28)27-21-10-6-7-16(2)25-21/h4-14H,1-3H3,(H,25,27,28). The smallest absolute Gasteiger partial charge is 0.257 e. The van der Waals surface area contributed by atoms with E-state index in [0.717, 1.165) is 33.4 Å². The molecule has 2 heterocycles. The molecular formula is C24H21N3O. The van der Waals surface area contributed by atoms with Gasteiger partial charge in [-0.1, -0.05) is 54.1 Å². The lowest BCUT2D eigenvalue weighted by Gasteiger charge is -2.15. The molecule has 2 aromatic heterocycles. The van der Waals surface area contributed by atoms with Crippen molar-refractivity contribution in [3.8, 4) is 11.3 Å². The Balaban J connectivity index is 1.87. The SMILES string of the molecule is Cc1ccc(-c2nc3ccccc3c(C(=O)Nc3cccc(C)n3)c2C)cc1. The molecule has 0 aliphatic rings. The second-order valence-electron chi connectivity index (χ2n) is 6.96. The minimum Gasteiger partial charge on any atom is -0.307 e. The summed E-state index contributed by atoms with van der Waals surface area (Å²) in [6, 6.07) is 21.5. The molecule has 0 aliphatic carbocycles. The fourth-order valence-electron chi connectivity index (χ4n) is 3.38. The number of aryl methyl sites for hydroxylation is 2. The van der Waals surface area contributed by atoms with Crippen molar-refractivity contribution >= 4 is 22.6 Å². The molecule has 1 amide bonds. The van der Waals surface area contributed by atoms with Gasteiger partial charge in [0.25, 0.3) is 5.91 Å². The average Bonchev–Trinajstić information content (AvgIpc) is 2.68. The molecular weight excluding hydrogens is 346 g/mol. The minimum absolute atomic E-state index is 0.178. The Bertz CT molecular complexity index is 1180. The van der Waals surface area contributed by atoms with Crippen LogP contribution in [0, 0.1) is 20.8 Å². The van der Waals surface area contributed by atoms with Crippen LogP contribution in [0.4, 0.5) is 5.82 Å². The lowest BCUT2D eigenvalue weighted by atomic mass is 9.97. The second kappa shape index (κ2) is 7.24. The van der Waals surface area contributed by atoms with Gasteiger partial charge < -0.3 is 5.32 Å². The Morgan fingerprint density at radius 1 is 0.821 bits per heavy atom. The summed E-state index contributed by atoms with van der Waals surface area (Å²) in [4.78, 5) is 22.5. The summed E-state index contributed by atoms with van der Waals surface area (Å²) in [5.41, 5.74) is 6.14. The van der Waals surface area contributed by atoms with Gasteiger partial charge in [0.1, 0.15) is 5.82 Å². The van der Waals surface area contributed by atoms with Crippen molar-refractivity contribution in [2.75, 3.05) is 5.32 Å². The zero-order valence-corrected chi connectivity index (χ0v) is 16.2. The number of amides is 1. The molecule has 28 heavy (non-hydrogen) atoms. The molecule has 0 spiro atoms. The number of carbonyl (C=O) groups is 1. The van der Waals surface area contributed by atoms with Gasteiger partial charge in [-0.15, -0.1) is 0 Å². The number of nitrogens with one attached hydrogen (secondary N) is 1. The third kappa shape index (κ3) is 3.37. The number of rotatable bonds is 3. The van der Waals surface area contributed by atoms with E-state index in [2.05, 4.69) is 29.4 Å². The van der Waals surface area contributed by atoms with Gasteiger partial charge in [-0.05, 0) is 44.5 Å². The van der Waals surface area contributed by atoms with Gasteiger partial charge in [-0.3, -0.25) is 4.79 Å². The Hall–Kier alpha value is -3.53. The normalized spacial score (nSPS) is 10.8. The van der Waals surface area contributed by atoms with Gasteiger partial charge in [0, 0.05) is 16.6 Å². The van der Waals surface area contributed by atoms with E-state index in [9.17, 15) is 4.79 Å². The summed E-state index contributed by atoms with van der Waals surface area (Å²) >= 11 is 0. The predicted octanol–water partition coefficient (Wildman–Crippen LogP) is 5.47. The van der Waals surface area contributed by atoms with Crippen LogP contribution in [0.5, 0.6) is 0 Å². The van der Waals surface area contributed by atoms with Crippen molar-refractivity contribution in [2.24, 2.45) is 0 Å². The molecule has 1 N–H and O–H groups in total. The van der Waals surface area contributed by atoms with Crippen molar-refractivity contribution < 1.29 is 4.79 Å². The predicted molar refractivity (Wildman–Crippen MR) is 114 cm³/mol. The summed E-state index contributed by atoms with van der Waals surface area (Å²) < 4.78 is 0. The molecule has 4 heteroatoms. The highest BCUT2D eigenvalue weighted by molar-refractivity contribution is 6.14. The summed E-state index contributed by atoms with van der Waals surface area (Å²) in [7, 11) is 0. The van der Waals surface area contributed by atoms with E-state index in [0.29, 0.717) is 11.4 Å². The van der Waals surface area contributed by atoms with Crippen molar-refractivity contribution in [1.29, 1.82) is 0 Å². The van der Waals surface area contributed by atoms with Crippen LogP contribution in [0.15, 0.2) is 66.7 Å². The van der Waals surface area contributed by atoms with E-state index in [-0.39, 0.29) is 5.91 Å². The van der Waals surface area contributed by atoms with Gasteiger partial charge >= 0.3 is 0 Å². The number of hydrogen-bond acceptors (Lipinski definition) is 3. The first-order valence-electron chi connectivity index (χ1n) is 9.24. The fraction of sp³-hybridized carbons (Fsp3) is 0.125. The molecule has 2 aromatic carbocycles. The number of carbonyl (C=O) groups excluding carboxylic acids is 1. The molecule has 4 nitrogen and oxygen atoms in total. The van der Waals surface area contributed by atoms with Crippen LogP contribution in [0.1, 0.15) is 27.2 Å². The van der Waals surface area contributed by atoms with Crippen molar-refractivity contribution in [2.45, 2.75) is 20.8 Å². The maximum absolute atomic E-state index is 13.2. The summed E-state index contributed by atoms with van der Waals surface area (Å²) in [5.74, 6) is 0.366. The molecule has 0 aliphatic heterocycles. The Kier molecular flexibility index (Phi) is 4.62. The fourth-order valence-corrected chi connectivity index (χ4v) is 3.38. The molecule has 0 atom stereocenters. The monoisotopic (exact) mass is 367 g/mol. The first-order valence-corrected chi connectivity index (χ1v) is 9.24. The van der Waals surface area contributed by atoms with Crippen molar-refractivity contribution in [1.82, 2.24) is 9.97 Å². The molecule has 0 unspecified atom stereocenters. The van der Waals surface area contributed by atoms with Gasteiger partial charge in [0.2, 0.25) is 0 Å².